The number of ether oxygens (including phenoxy) is 2. The molecule has 12 heteroatoms. The van der Waals surface area contributed by atoms with Gasteiger partial charge in [-0.1, -0.05) is 6.07 Å². The summed E-state index contributed by atoms with van der Waals surface area (Å²) in [6.07, 6.45) is 2.53. The number of hydrogen-bond donors (Lipinski definition) is 5. The number of carbonyl (C=O) groups is 3. The summed E-state index contributed by atoms with van der Waals surface area (Å²) in [5.41, 5.74) is 7.11. The molecule has 12 nitrogen and oxygen atoms in total. The Morgan fingerprint density at radius 2 is 1.77 bits per heavy atom. The van der Waals surface area contributed by atoms with Crippen molar-refractivity contribution in [3.63, 3.8) is 0 Å². The molecule has 0 aliphatic heterocycles. The van der Waals surface area contributed by atoms with E-state index < -0.39 is 23.8 Å². The molecular weight excluding hydrogens is 514 g/mol. The molecule has 2 aromatic carbocycles. The van der Waals surface area contributed by atoms with Gasteiger partial charge in [0.15, 0.2) is 11.5 Å². The van der Waals surface area contributed by atoms with Crippen LogP contribution in [-0.2, 0) is 9.59 Å². The number of aromatic nitrogens is 1. The van der Waals surface area contributed by atoms with Crippen molar-refractivity contribution in [2.45, 2.75) is 39.8 Å². The lowest BCUT2D eigenvalue weighted by molar-refractivity contribution is -0.129. The third kappa shape index (κ3) is 7.32. The average molecular weight is 548 g/mol. The molecule has 0 spiro atoms. The van der Waals surface area contributed by atoms with E-state index in [4.69, 9.17) is 26.5 Å². The van der Waals surface area contributed by atoms with Crippen LogP contribution in [0.25, 0.3) is 0 Å². The van der Waals surface area contributed by atoms with Crippen LogP contribution in [0.2, 0.25) is 0 Å². The van der Waals surface area contributed by atoms with Gasteiger partial charge in [0, 0.05) is 24.4 Å². The number of nitrogen functional groups attached to an aromatic ring is 1. The Labute approximate surface area is 232 Å². The molecule has 0 aliphatic carbocycles. The van der Waals surface area contributed by atoms with Crippen molar-refractivity contribution in [3.05, 3.63) is 77.6 Å². The summed E-state index contributed by atoms with van der Waals surface area (Å²) in [6.45, 7) is 7.23. The number of carbonyl (C=O) groups excluding carboxylic acids is 3. The minimum atomic E-state index is -1.14. The molecule has 1 atom stereocenters. The second-order valence-electron chi connectivity index (χ2n) is 8.99. The fraction of sp³-hybridized carbons (Fsp3) is 0.250. The fourth-order valence-corrected chi connectivity index (χ4v) is 3.76. The molecule has 0 aliphatic rings. The normalized spacial score (nSPS) is 11.3. The summed E-state index contributed by atoms with van der Waals surface area (Å²) in [5, 5.41) is 13.7. The molecule has 1 unspecified atom stereocenters. The van der Waals surface area contributed by atoms with E-state index in [1.165, 1.54) is 25.4 Å². The van der Waals surface area contributed by atoms with Gasteiger partial charge in [-0.15, -0.1) is 0 Å². The maximum absolute atomic E-state index is 13.8. The van der Waals surface area contributed by atoms with Gasteiger partial charge >= 0.3 is 0 Å². The van der Waals surface area contributed by atoms with Crippen LogP contribution in [0.4, 0.5) is 11.4 Å². The maximum atomic E-state index is 13.8. The first-order valence-corrected chi connectivity index (χ1v) is 12.5. The Hall–Kier alpha value is -4.97. The highest BCUT2D eigenvalue weighted by Crippen LogP contribution is 2.33. The van der Waals surface area contributed by atoms with Gasteiger partial charge in [0.05, 0.1) is 30.2 Å². The average Bonchev–Trinajstić information content (AvgIpc) is 2.91. The molecule has 3 amide bonds. The Balaban J connectivity index is 2.03. The van der Waals surface area contributed by atoms with Gasteiger partial charge in [-0.3, -0.25) is 24.8 Å². The van der Waals surface area contributed by atoms with Crippen LogP contribution in [-0.4, -0.2) is 46.3 Å². The monoisotopic (exact) mass is 547 g/mol. The lowest BCUT2D eigenvalue weighted by Crippen LogP contribution is -2.47. The molecule has 3 rings (SSSR count). The van der Waals surface area contributed by atoms with E-state index in [-0.39, 0.29) is 23.2 Å². The number of nitrogens with two attached hydrogens (primary N) is 2. The lowest BCUT2D eigenvalue weighted by atomic mass is 10.0. The summed E-state index contributed by atoms with van der Waals surface area (Å²) in [4.78, 5) is 42.7. The number of nitrogens with one attached hydrogen (secondary N) is 3. The Bertz CT molecular complexity index is 1390. The highest BCUT2D eigenvalue weighted by Gasteiger charge is 2.31. The zero-order valence-electron chi connectivity index (χ0n) is 22.7. The van der Waals surface area contributed by atoms with Gasteiger partial charge in [0.1, 0.15) is 11.9 Å². The molecule has 0 fully saturated rings. The molecule has 0 radical (unpaired) electrons. The maximum Gasteiger partial charge on any atom is 0.277 e. The van der Waals surface area contributed by atoms with E-state index >= 15 is 0 Å². The summed E-state index contributed by atoms with van der Waals surface area (Å²) in [6, 6.07) is 11.8. The van der Waals surface area contributed by atoms with Crippen LogP contribution in [0, 0.1) is 5.41 Å². The fourth-order valence-electron chi connectivity index (χ4n) is 3.76. The smallest absolute Gasteiger partial charge is 0.277 e. The zero-order valence-corrected chi connectivity index (χ0v) is 22.7. The van der Waals surface area contributed by atoms with Gasteiger partial charge in [-0.05, 0) is 68.8 Å². The highest BCUT2D eigenvalue weighted by molar-refractivity contribution is 6.10. The minimum Gasteiger partial charge on any atom is -0.490 e. The number of nitrogens with zero attached hydrogens (tertiary/aromatic N) is 2. The molecule has 0 saturated carbocycles. The summed E-state index contributed by atoms with van der Waals surface area (Å²) >= 11 is 0. The van der Waals surface area contributed by atoms with Crippen LogP contribution in [0.15, 0.2) is 60.9 Å². The van der Waals surface area contributed by atoms with Gasteiger partial charge in [0.2, 0.25) is 5.91 Å². The van der Waals surface area contributed by atoms with Crippen molar-refractivity contribution in [3.8, 4) is 11.5 Å². The van der Waals surface area contributed by atoms with Crippen LogP contribution in [0.3, 0.4) is 0 Å². The number of hydrogen-bond acceptors (Lipinski definition) is 9. The summed E-state index contributed by atoms with van der Waals surface area (Å²) in [7, 11) is 0. The standard InChI is InChI=1S/C28H33N7O5/c1-5-39-24-14-19(8-11-23(24)40-16(2)3)25(34-20-9-6-18(7-10-20)26(29)30)28(38)35(31)27(37)21-12-13-32-15-22(21)33-17(4)36/h6-16,25,34H,5,31H2,1-4H3,(H3,29,30)(H,33,36). The Morgan fingerprint density at radius 1 is 1.07 bits per heavy atom. The molecule has 1 aromatic heterocycles. The van der Waals surface area contributed by atoms with Crippen LogP contribution in [0.5, 0.6) is 11.5 Å². The second-order valence-corrected chi connectivity index (χ2v) is 8.99. The van der Waals surface area contributed by atoms with E-state index in [0.29, 0.717) is 39.9 Å². The summed E-state index contributed by atoms with van der Waals surface area (Å²) in [5.74, 6) is 4.85. The first kappa shape index (κ1) is 29.6. The molecule has 0 bridgehead atoms. The van der Waals surface area contributed by atoms with E-state index in [1.54, 1.807) is 42.5 Å². The number of pyridine rings is 1. The summed E-state index contributed by atoms with van der Waals surface area (Å²) < 4.78 is 11.6. The zero-order chi connectivity index (χ0) is 29.4. The SMILES string of the molecule is CCOc1cc(C(Nc2ccc(C(=N)N)cc2)C(=O)N(N)C(=O)c2ccncc2NC(C)=O)ccc1OC(C)C. The lowest BCUT2D eigenvalue weighted by Gasteiger charge is -2.25. The van der Waals surface area contributed by atoms with E-state index in [2.05, 4.69) is 15.6 Å². The van der Waals surface area contributed by atoms with E-state index in [9.17, 15) is 14.4 Å². The molecule has 210 valence electrons. The number of anilines is 2. The number of amides is 3. The number of amidine groups is 1. The van der Waals surface area contributed by atoms with Gasteiger partial charge in [0.25, 0.3) is 11.8 Å². The Kier molecular flexibility index (Phi) is 9.76. The predicted octanol–water partition coefficient (Wildman–Crippen LogP) is 3.21. The van der Waals surface area contributed by atoms with Crippen molar-refractivity contribution in [2.24, 2.45) is 11.6 Å². The van der Waals surface area contributed by atoms with E-state index in [1.807, 2.05) is 20.8 Å². The van der Waals surface area contributed by atoms with Crippen LogP contribution >= 0.6 is 0 Å². The third-order valence-corrected chi connectivity index (χ3v) is 5.54. The van der Waals surface area contributed by atoms with Gasteiger partial charge in [-0.25, -0.2) is 10.9 Å². The number of hydrazine groups is 1. The number of benzene rings is 2. The molecular formula is C28H33N7O5. The van der Waals surface area contributed by atoms with Gasteiger partial charge < -0.3 is 25.8 Å². The van der Waals surface area contributed by atoms with E-state index in [0.717, 1.165) is 0 Å². The van der Waals surface area contributed by atoms with Crippen molar-refractivity contribution < 1.29 is 23.9 Å². The predicted molar refractivity (Wildman–Crippen MR) is 151 cm³/mol. The van der Waals surface area contributed by atoms with Crippen molar-refractivity contribution in [2.75, 3.05) is 17.2 Å². The largest absolute Gasteiger partial charge is 0.490 e. The third-order valence-electron chi connectivity index (χ3n) is 5.54. The quantitative estimate of drug-likeness (QED) is 0.0790. The van der Waals surface area contributed by atoms with Crippen LogP contribution in [0.1, 0.15) is 55.2 Å². The highest BCUT2D eigenvalue weighted by atomic mass is 16.5. The molecule has 40 heavy (non-hydrogen) atoms. The minimum absolute atomic E-state index is 0.0127. The number of imide groups is 1. The topological polar surface area (TPSA) is 186 Å². The molecule has 7 N–H and O–H groups in total. The molecule has 0 saturated heterocycles. The molecule has 1 heterocycles. The van der Waals surface area contributed by atoms with Crippen molar-refractivity contribution in [1.82, 2.24) is 9.99 Å². The van der Waals surface area contributed by atoms with Crippen molar-refractivity contribution in [1.29, 1.82) is 5.41 Å². The second kappa shape index (κ2) is 13.2. The molecule has 3 aromatic rings. The number of rotatable bonds is 11. The van der Waals surface area contributed by atoms with Crippen LogP contribution < -0.4 is 31.7 Å². The first-order valence-electron chi connectivity index (χ1n) is 12.5. The Morgan fingerprint density at radius 3 is 2.38 bits per heavy atom. The van der Waals surface area contributed by atoms with Gasteiger partial charge in [-0.2, -0.15) is 0 Å². The first-order chi connectivity index (χ1) is 19.0. The van der Waals surface area contributed by atoms with Crippen molar-refractivity contribution >= 4 is 34.9 Å².